The van der Waals surface area contributed by atoms with Gasteiger partial charge in [0.25, 0.3) is 0 Å². The molecule has 1 aliphatic rings. The van der Waals surface area contributed by atoms with E-state index in [1.807, 2.05) is 12.3 Å². The molecule has 2 nitrogen and oxygen atoms in total. The molecule has 1 N–H and O–H groups in total. The maximum absolute atomic E-state index is 4.42. The van der Waals surface area contributed by atoms with E-state index in [9.17, 15) is 0 Å². The van der Waals surface area contributed by atoms with Gasteiger partial charge in [-0.15, -0.1) is 0 Å². The molecule has 1 aromatic carbocycles. The Bertz CT molecular complexity index is 643. The molecule has 0 bridgehead atoms. The Kier molecular flexibility index (Phi) is 3.32. The molecule has 3 rings (SSSR count). The molecule has 1 aliphatic carbocycles. The third kappa shape index (κ3) is 2.17. The van der Waals surface area contributed by atoms with Crippen LogP contribution in [-0.4, -0.2) is 11.5 Å². The summed E-state index contributed by atoms with van der Waals surface area (Å²) in [6, 6.07) is 11.3. The van der Waals surface area contributed by atoms with Crippen molar-refractivity contribution in [3.05, 3.63) is 42.1 Å². The van der Waals surface area contributed by atoms with Crippen molar-refractivity contribution in [1.82, 2.24) is 10.3 Å². The number of hydrogen-bond donors (Lipinski definition) is 1. The number of nitrogens with zero attached hydrogens (tertiary/aromatic N) is 1. The van der Waals surface area contributed by atoms with Gasteiger partial charge in [-0.25, -0.2) is 0 Å². The maximum Gasteiger partial charge on any atom is 0.0702 e. The molecule has 1 heterocycles. The summed E-state index contributed by atoms with van der Waals surface area (Å²) in [6.07, 6.45) is 1.86. The van der Waals surface area contributed by atoms with Crippen LogP contribution in [-0.2, 0) is 0 Å². The first-order valence-corrected chi connectivity index (χ1v) is 7.97. The summed E-state index contributed by atoms with van der Waals surface area (Å²) in [5.74, 6) is 0.666. The number of aromatic nitrogens is 1. The minimum Gasteiger partial charge on any atom is -0.310 e. The van der Waals surface area contributed by atoms with E-state index in [2.05, 4.69) is 69.2 Å². The predicted molar refractivity (Wildman–Crippen MR) is 89.2 cm³/mol. The molecule has 2 aromatic rings. The average Bonchev–Trinajstić information content (AvgIpc) is 2.86. The quantitative estimate of drug-likeness (QED) is 0.888. The Labute approximate surface area is 128 Å². The Morgan fingerprint density at radius 1 is 1.14 bits per heavy atom. The first-order valence-electron chi connectivity index (χ1n) is 7.97. The molecular weight excluding hydrogens is 256 g/mol. The van der Waals surface area contributed by atoms with E-state index in [-0.39, 0.29) is 0 Å². The standard InChI is InChI=1S/C19H26N2/c1-6-20-16(17-18(2,3)19(17,4)5)14-9-10-15-13(12-14)8-7-11-21-15/h7-12,16-17,20H,6H2,1-5H3. The smallest absolute Gasteiger partial charge is 0.0702 e. The molecule has 0 spiro atoms. The number of fused-ring (bicyclic) bond motifs is 1. The first-order chi connectivity index (χ1) is 9.89. The molecular formula is C19H26N2. The fourth-order valence-electron chi connectivity index (χ4n) is 4.02. The lowest BCUT2D eigenvalue weighted by Gasteiger charge is -2.21. The van der Waals surface area contributed by atoms with Gasteiger partial charge in [-0.3, -0.25) is 4.98 Å². The third-order valence-corrected chi connectivity index (χ3v) is 5.88. The van der Waals surface area contributed by atoms with Crippen molar-refractivity contribution >= 4 is 10.9 Å². The fourth-order valence-corrected chi connectivity index (χ4v) is 4.02. The Hall–Kier alpha value is -1.41. The van der Waals surface area contributed by atoms with Gasteiger partial charge >= 0.3 is 0 Å². The van der Waals surface area contributed by atoms with Crippen molar-refractivity contribution in [1.29, 1.82) is 0 Å². The molecule has 21 heavy (non-hydrogen) atoms. The second-order valence-corrected chi connectivity index (χ2v) is 7.41. The van der Waals surface area contributed by atoms with Crippen molar-refractivity contribution in [2.75, 3.05) is 6.54 Å². The lowest BCUT2D eigenvalue weighted by atomic mass is 9.95. The number of benzene rings is 1. The highest BCUT2D eigenvalue weighted by molar-refractivity contribution is 5.79. The number of pyridine rings is 1. The average molecular weight is 282 g/mol. The topological polar surface area (TPSA) is 24.9 Å². The van der Waals surface area contributed by atoms with Gasteiger partial charge in [-0.1, -0.05) is 46.8 Å². The van der Waals surface area contributed by atoms with Gasteiger partial charge in [-0.05, 0) is 47.1 Å². The van der Waals surface area contributed by atoms with Crippen LogP contribution in [0.15, 0.2) is 36.5 Å². The second-order valence-electron chi connectivity index (χ2n) is 7.41. The Morgan fingerprint density at radius 3 is 2.48 bits per heavy atom. The van der Waals surface area contributed by atoms with Crippen LogP contribution in [0, 0.1) is 16.7 Å². The summed E-state index contributed by atoms with van der Waals surface area (Å²) >= 11 is 0. The van der Waals surface area contributed by atoms with E-state index in [4.69, 9.17) is 0 Å². The summed E-state index contributed by atoms with van der Waals surface area (Å²) < 4.78 is 0. The van der Waals surface area contributed by atoms with Crippen LogP contribution in [0.2, 0.25) is 0 Å². The fraction of sp³-hybridized carbons (Fsp3) is 0.526. The van der Waals surface area contributed by atoms with Crippen LogP contribution in [0.1, 0.15) is 46.2 Å². The van der Waals surface area contributed by atoms with E-state index >= 15 is 0 Å². The second kappa shape index (κ2) is 4.81. The number of nitrogens with one attached hydrogen (secondary N) is 1. The molecule has 2 heteroatoms. The zero-order valence-corrected chi connectivity index (χ0v) is 13.8. The van der Waals surface area contributed by atoms with E-state index in [1.54, 1.807) is 0 Å². The van der Waals surface area contributed by atoms with Gasteiger partial charge < -0.3 is 5.32 Å². The lowest BCUT2D eigenvalue weighted by molar-refractivity contribution is 0.418. The molecule has 112 valence electrons. The van der Waals surface area contributed by atoms with Gasteiger partial charge in [0.15, 0.2) is 0 Å². The van der Waals surface area contributed by atoms with Crippen molar-refractivity contribution < 1.29 is 0 Å². The first kappa shape index (κ1) is 14.5. The van der Waals surface area contributed by atoms with E-state index < -0.39 is 0 Å². The lowest BCUT2D eigenvalue weighted by Crippen LogP contribution is -2.25. The highest BCUT2D eigenvalue weighted by Crippen LogP contribution is 2.72. The van der Waals surface area contributed by atoms with Crippen LogP contribution < -0.4 is 5.32 Å². The zero-order chi connectivity index (χ0) is 15.3. The zero-order valence-electron chi connectivity index (χ0n) is 13.8. The Balaban J connectivity index is 2.00. The summed E-state index contributed by atoms with van der Waals surface area (Å²) in [6.45, 7) is 12.8. The predicted octanol–water partition coefficient (Wildman–Crippen LogP) is 4.57. The maximum atomic E-state index is 4.42. The summed E-state index contributed by atoms with van der Waals surface area (Å²) in [5, 5.41) is 4.95. The van der Waals surface area contributed by atoms with Crippen LogP contribution in [0.25, 0.3) is 10.9 Å². The highest BCUT2D eigenvalue weighted by atomic mass is 15.0. The molecule has 0 amide bonds. The van der Waals surface area contributed by atoms with E-state index in [0.717, 1.165) is 12.1 Å². The molecule has 0 aliphatic heterocycles. The van der Waals surface area contributed by atoms with Gasteiger partial charge in [0.05, 0.1) is 5.52 Å². The summed E-state index contributed by atoms with van der Waals surface area (Å²) in [7, 11) is 0. The van der Waals surface area contributed by atoms with Crippen LogP contribution in [0.4, 0.5) is 0 Å². The largest absolute Gasteiger partial charge is 0.310 e. The molecule has 1 atom stereocenters. The van der Waals surface area contributed by atoms with Crippen molar-refractivity contribution in [2.45, 2.75) is 40.7 Å². The van der Waals surface area contributed by atoms with Gasteiger partial charge in [0.2, 0.25) is 0 Å². The molecule has 0 radical (unpaired) electrons. The number of hydrogen-bond acceptors (Lipinski definition) is 2. The monoisotopic (exact) mass is 282 g/mol. The SMILES string of the molecule is CCNC(c1ccc2ncccc2c1)C1C(C)(C)C1(C)C. The van der Waals surface area contributed by atoms with Crippen LogP contribution in [0.5, 0.6) is 0 Å². The third-order valence-electron chi connectivity index (χ3n) is 5.88. The van der Waals surface area contributed by atoms with E-state index in [0.29, 0.717) is 22.8 Å². The summed E-state index contributed by atoms with van der Waals surface area (Å²) in [5.41, 5.74) is 3.22. The van der Waals surface area contributed by atoms with Crippen LogP contribution in [0.3, 0.4) is 0 Å². The molecule has 1 aromatic heterocycles. The van der Waals surface area contributed by atoms with Crippen molar-refractivity contribution in [3.8, 4) is 0 Å². The molecule has 1 fully saturated rings. The van der Waals surface area contributed by atoms with Gasteiger partial charge in [0.1, 0.15) is 0 Å². The highest BCUT2D eigenvalue weighted by Gasteiger charge is 2.67. The molecule has 1 saturated carbocycles. The van der Waals surface area contributed by atoms with Gasteiger partial charge in [-0.2, -0.15) is 0 Å². The minimum absolute atomic E-state index is 0.379. The van der Waals surface area contributed by atoms with Crippen LogP contribution >= 0.6 is 0 Å². The van der Waals surface area contributed by atoms with Crippen molar-refractivity contribution in [3.63, 3.8) is 0 Å². The van der Waals surface area contributed by atoms with Crippen molar-refractivity contribution in [2.24, 2.45) is 16.7 Å². The molecule has 0 saturated heterocycles. The number of rotatable bonds is 4. The normalized spacial score (nSPS) is 21.4. The minimum atomic E-state index is 0.379. The summed E-state index contributed by atoms with van der Waals surface area (Å²) in [4.78, 5) is 4.42. The Morgan fingerprint density at radius 2 is 1.86 bits per heavy atom. The molecule has 1 unspecified atom stereocenters. The van der Waals surface area contributed by atoms with E-state index in [1.165, 1.54) is 10.9 Å². The van der Waals surface area contributed by atoms with Gasteiger partial charge in [0, 0.05) is 17.6 Å².